The molecule has 0 saturated carbocycles. The maximum Gasteiger partial charge on any atom is 0.258 e. The molecule has 0 bridgehead atoms. The van der Waals surface area contributed by atoms with Crippen molar-refractivity contribution in [3.8, 4) is 22.9 Å². The highest BCUT2D eigenvalue weighted by molar-refractivity contribution is 6.35. The van der Waals surface area contributed by atoms with Crippen LogP contribution in [0.4, 0.5) is 0 Å². The fraction of sp³-hybridized carbons (Fsp3) is 0.167. The molecule has 0 saturated heterocycles. The van der Waals surface area contributed by atoms with E-state index < -0.39 is 0 Å². The highest BCUT2D eigenvalue weighted by atomic mass is 35.5. The summed E-state index contributed by atoms with van der Waals surface area (Å²) < 4.78 is 15.7. The lowest BCUT2D eigenvalue weighted by Gasteiger charge is -2.07. The molecule has 7 nitrogen and oxygen atoms in total. The Balaban J connectivity index is 1.52. The van der Waals surface area contributed by atoms with Gasteiger partial charge in [0.2, 0.25) is 11.7 Å². The van der Waals surface area contributed by atoms with Crippen molar-refractivity contribution in [2.24, 2.45) is 0 Å². The summed E-state index contributed by atoms with van der Waals surface area (Å²) in [6, 6.07) is 12.0. The quantitative estimate of drug-likeness (QED) is 0.641. The second kappa shape index (κ2) is 8.75. The first-order valence-electron chi connectivity index (χ1n) is 7.86. The number of nitrogens with one attached hydrogen (secondary N) is 1. The molecule has 0 fully saturated rings. The maximum atomic E-state index is 11.9. The number of methoxy groups -OCH3 is 1. The maximum absolute atomic E-state index is 11.9. The predicted molar refractivity (Wildman–Crippen MR) is 100 cm³/mol. The second-order valence-electron chi connectivity index (χ2n) is 5.38. The summed E-state index contributed by atoms with van der Waals surface area (Å²) in [6.45, 7) is -0.133. The smallest absolute Gasteiger partial charge is 0.258 e. The van der Waals surface area contributed by atoms with Crippen LogP contribution in [0.15, 0.2) is 47.0 Å². The summed E-state index contributed by atoms with van der Waals surface area (Å²) in [5, 5.41) is 7.35. The van der Waals surface area contributed by atoms with E-state index in [4.69, 9.17) is 37.2 Å². The van der Waals surface area contributed by atoms with Crippen LogP contribution in [0.5, 0.6) is 11.5 Å². The Bertz CT molecular complexity index is 946. The number of carbonyl (C=O) groups excluding carboxylic acids is 1. The van der Waals surface area contributed by atoms with Crippen LogP contribution >= 0.6 is 23.2 Å². The molecule has 0 aliphatic rings. The Kier molecular flexibility index (Phi) is 6.16. The van der Waals surface area contributed by atoms with E-state index in [-0.39, 0.29) is 24.9 Å². The van der Waals surface area contributed by atoms with E-state index >= 15 is 0 Å². The van der Waals surface area contributed by atoms with Crippen molar-refractivity contribution < 1.29 is 18.8 Å². The van der Waals surface area contributed by atoms with Crippen molar-refractivity contribution in [3.63, 3.8) is 0 Å². The third-order valence-electron chi connectivity index (χ3n) is 3.49. The number of carbonyl (C=O) groups is 1. The van der Waals surface area contributed by atoms with Crippen molar-refractivity contribution in [1.82, 2.24) is 15.5 Å². The fourth-order valence-electron chi connectivity index (χ4n) is 2.17. The van der Waals surface area contributed by atoms with Crippen molar-refractivity contribution in [2.75, 3.05) is 13.7 Å². The van der Waals surface area contributed by atoms with Gasteiger partial charge in [-0.2, -0.15) is 4.98 Å². The highest BCUT2D eigenvalue weighted by Gasteiger charge is 2.11. The molecule has 0 aliphatic heterocycles. The third-order valence-corrected chi connectivity index (χ3v) is 4.02. The summed E-state index contributed by atoms with van der Waals surface area (Å²) in [4.78, 5) is 16.2. The van der Waals surface area contributed by atoms with Gasteiger partial charge in [-0.25, -0.2) is 0 Å². The summed E-state index contributed by atoms with van der Waals surface area (Å²) in [6.07, 6.45) is 0. The normalized spacial score (nSPS) is 10.5. The number of nitrogens with zero attached hydrogens (tertiary/aromatic N) is 2. The van der Waals surface area contributed by atoms with Crippen molar-refractivity contribution in [2.45, 2.75) is 6.54 Å². The summed E-state index contributed by atoms with van der Waals surface area (Å²) in [5.41, 5.74) is 0.747. The molecule has 27 heavy (non-hydrogen) atoms. The summed E-state index contributed by atoms with van der Waals surface area (Å²) in [7, 11) is 1.58. The van der Waals surface area contributed by atoms with Crippen LogP contribution in [0.1, 0.15) is 5.89 Å². The first-order chi connectivity index (χ1) is 13.0. The summed E-state index contributed by atoms with van der Waals surface area (Å²) >= 11 is 11.8. The van der Waals surface area contributed by atoms with Crippen LogP contribution in [0, 0.1) is 0 Å². The monoisotopic (exact) mass is 407 g/mol. The molecule has 0 spiro atoms. The predicted octanol–water partition coefficient (Wildman–Crippen LogP) is 3.75. The molecule has 0 radical (unpaired) electrons. The lowest BCUT2D eigenvalue weighted by atomic mass is 10.2. The topological polar surface area (TPSA) is 86.5 Å². The van der Waals surface area contributed by atoms with Crippen LogP contribution in [-0.2, 0) is 11.3 Å². The van der Waals surface area contributed by atoms with Crippen molar-refractivity contribution >= 4 is 29.1 Å². The fourth-order valence-corrected chi connectivity index (χ4v) is 2.63. The molecular weight excluding hydrogens is 393 g/mol. The van der Waals surface area contributed by atoms with Gasteiger partial charge in [0.25, 0.3) is 5.91 Å². The Morgan fingerprint density at radius 2 is 2.07 bits per heavy atom. The number of amides is 1. The van der Waals surface area contributed by atoms with Gasteiger partial charge in [0.05, 0.1) is 18.7 Å². The average Bonchev–Trinajstić information content (AvgIpc) is 3.15. The number of halogens is 2. The van der Waals surface area contributed by atoms with Crippen molar-refractivity contribution in [3.05, 3.63) is 58.4 Å². The molecule has 1 aromatic heterocycles. The van der Waals surface area contributed by atoms with Gasteiger partial charge in [-0.05, 0) is 30.3 Å². The van der Waals surface area contributed by atoms with E-state index in [1.165, 1.54) is 6.07 Å². The minimum Gasteiger partial charge on any atom is -0.497 e. The first kappa shape index (κ1) is 19.0. The molecular formula is C18H15Cl2N3O4. The Morgan fingerprint density at radius 1 is 1.22 bits per heavy atom. The average molecular weight is 408 g/mol. The number of benzene rings is 2. The summed E-state index contributed by atoms with van der Waals surface area (Å²) in [5.74, 6) is 1.37. The first-order valence-corrected chi connectivity index (χ1v) is 8.62. The molecule has 1 N–H and O–H groups in total. The minimum atomic E-state index is -0.359. The zero-order valence-electron chi connectivity index (χ0n) is 14.2. The van der Waals surface area contributed by atoms with E-state index in [0.717, 1.165) is 5.56 Å². The van der Waals surface area contributed by atoms with Crippen LogP contribution in [0.2, 0.25) is 10.0 Å². The van der Waals surface area contributed by atoms with E-state index in [1.807, 2.05) is 18.2 Å². The molecule has 2 aromatic carbocycles. The molecule has 0 unspecified atom stereocenters. The van der Waals surface area contributed by atoms with Crippen LogP contribution in [0.25, 0.3) is 11.4 Å². The lowest BCUT2D eigenvalue weighted by Crippen LogP contribution is -2.28. The van der Waals surface area contributed by atoms with E-state index in [1.54, 1.807) is 25.3 Å². The zero-order chi connectivity index (χ0) is 19.2. The van der Waals surface area contributed by atoms with Gasteiger partial charge in [-0.15, -0.1) is 0 Å². The highest BCUT2D eigenvalue weighted by Crippen LogP contribution is 2.27. The molecule has 140 valence electrons. The van der Waals surface area contributed by atoms with E-state index in [9.17, 15) is 4.79 Å². The lowest BCUT2D eigenvalue weighted by molar-refractivity contribution is -0.123. The number of hydrogen-bond donors (Lipinski definition) is 1. The zero-order valence-corrected chi connectivity index (χ0v) is 15.8. The van der Waals surface area contributed by atoms with Crippen LogP contribution in [0.3, 0.4) is 0 Å². The van der Waals surface area contributed by atoms with E-state index in [2.05, 4.69) is 15.5 Å². The molecule has 1 heterocycles. The van der Waals surface area contributed by atoms with Gasteiger partial charge < -0.3 is 19.3 Å². The Labute approximate surface area is 165 Å². The van der Waals surface area contributed by atoms with E-state index in [0.29, 0.717) is 27.4 Å². The molecule has 0 aliphatic carbocycles. The van der Waals surface area contributed by atoms with Gasteiger partial charge in [0.15, 0.2) is 6.61 Å². The molecule has 0 atom stereocenters. The second-order valence-corrected chi connectivity index (χ2v) is 6.23. The van der Waals surface area contributed by atoms with Crippen molar-refractivity contribution in [1.29, 1.82) is 0 Å². The Morgan fingerprint density at radius 3 is 2.85 bits per heavy atom. The SMILES string of the molecule is COc1cccc(-c2noc(CNC(=O)COc3ccc(Cl)cc3Cl)n2)c1. The number of hydrogen-bond acceptors (Lipinski definition) is 6. The van der Waals surface area contributed by atoms with Gasteiger partial charge in [-0.3, -0.25) is 4.79 Å². The number of rotatable bonds is 7. The van der Waals surface area contributed by atoms with Crippen LogP contribution in [-0.4, -0.2) is 29.8 Å². The van der Waals surface area contributed by atoms with Gasteiger partial charge >= 0.3 is 0 Å². The Hall–Kier alpha value is -2.77. The largest absolute Gasteiger partial charge is 0.497 e. The molecule has 3 aromatic rings. The third kappa shape index (κ3) is 5.12. The minimum absolute atomic E-state index is 0.0769. The number of ether oxygens (including phenoxy) is 2. The molecule has 9 heteroatoms. The van der Waals surface area contributed by atoms with Gasteiger partial charge in [0.1, 0.15) is 11.5 Å². The standard InChI is InChI=1S/C18H15Cl2N3O4/c1-25-13-4-2-3-11(7-13)18-22-17(27-23-18)9-21-16(24)10-26-15-6-5-12(19)8-14(15)20/h2-8H,9-10H2,1H3,(H,21,24). The molecule has 3 rings (SSSR count). The number of aromatic nitrogens is 2. The van der Waals surface area contributed by atoms with Gasteiger partial charge in [0, 0.05) is 10.6 Å². The van der Waals surface area contributed by atoms with Gasteiger partial charge in [-0.1, -0.05) is 40.5 Å². The van der Waals surface area contributed by atoms with Crippen LogP contribution < -0.4 is 14.8 Å². The molecule has 1 amide bonds.